The summed E-state index contributed by atoms with van der Waals surface area (Å²) >= 11 is 0. The number of hydrogen-bond donors (Lipinski definition) is 2. The smallest absolute Gasteiger partial charge is 0.277 e. The number of benzene rings is 2. The zero-order chi connectivity index (χ0) is 17.3. The lowest BCUT2D eigenvalue weighted by Crippen LogP contribution is -2.12. The SMILES string of the molecule is O=C(Nc1ccc2cn[nH]c2c1)c1cc([N+](=O)[O-])cc([N+](=O)[O-])c1. The molecule has 0 aliphatic rings. The van der Waals surface area contributed by atoms with Crippen molar-refractivity contribution in [2.75, 3.05) is 5.32 Å². The maximum absolute atomic E-state index is 12.3. The molecular formula is C14H9N5O5. The Labute approximate surface area is 133 Å². The molecule has 1 amide bonds. The van der Waals surface area contributed by atoms with E-state index >= 15 is 0 Å². The van der Waals surface area contributed by atoms with Gasteiger partial charge in [0.2, 0.25) is 0 Å². The van der Waals surface area contributed by atoms with Gasteiger partial charge >= 0.3 is 0 Å². The first-order valence-corrected chi connectivity index (χ1v) is 6.62. The Kier molecular flexibility index (Phi) is 3.62. The van der Waals surface area contributed by atoms with Crippen molar-refractivity contribution in [3.63, 3.8) is 0 Å². The molecular weight excluding hydrogens is 318 g/mol. The van der Waals surface area contributed by atoms with Crippen LogP contribution in [-0.2, 0) is 0 Å². The van der Waals surface area contributed by atoms with Gasteiger partial charge in [0.05, 0.1) is 33.2 Å². The van der Waals surface area contributed by atoms with E-state index in [0.29, 0.717) is 11.2 Å². The molecule has 120 valence electrons. The minimum absolute atomic E-state index is 0.180. The molecule has 0 saturated heterocycles. The second-order valence-electron chi connectivity index (χ2n) is 4.88. The number of aromatic amines is 1. The number of aromatic nitrogens is 2. The van der Waals surface area contributed by atoms with E-state index in [1.54, 1.807) is 24.4 Å². The van der Waals surface area contributed by atoms with Crippen LogP contribution in [-0.4, -0.2) is 26.0 Å². The van der Waals surface area contributed by atoms with Crippen LogP contribution in [0.25, 0.3) is 10.9 Å². The lowest BCUT2D eigenvalue weighted by atomic mass is 10.1. The maximum atomic E-state index is 12.3. The summed E-state index contributed by atoms with van der Waals surface area (Å²) in [6, 6.07) is 7.75. The number of rotatable bonds is 4. The highest BCUT2D eigenvalue weighted by molar-refractivity contribution is 6.05. The lowest BCUT2D eigenvalue weighted by molar-refractivity contribution is -0.394. The van der Waals surface area contributed by atoms with Crippen LogP contribution in [0.3, 0.4) is 0 Å². The van der Waals surface area contributed by atoms with Gasteiger partial charge in [0.1, 0.15) is 0 Å². The standard InChI is InChI=1S/C14H9N5O5/c20-14(16-10-2-1-8-7-15-17-13(8)5-10)9-3-11(18(21)22)6-12(4-9)19(23)24/h1-7H,(H,15,17)(H,16,20). The number of anilines is 1. The first-order valence-electron chi connectivity index (χ1n) is 6.62. The van der Waals surface area contributed by atoms with E-state index in [0.717, 1.165) is 23.6 Å². The van der Waals surface area contributed by atoms with E-state index in [4.69, 9.17) is 0 Å². The average Bonchev–Trinajstić information content (AvgIpc) is 3.01. The molecule has 0 aliphatic heterocycles. The summed E-state index contributed by atoms with van der Waals surface area (Å²) in [6.07, 6.45) is 1.62. The molecule has 10 heteroatoms. The Morgan fingerprint density at radius 3 is 2.33 bits per heavy atom. The van der Waals surface area contributed by atoms with Crippen molar-refractivity contribution in [3.05, 3.63) is 68.4 Å². The van der Waals surface area contributed by atoms with Crippen molar-refractivity contribution >= 4 is 33.9 Å². The summed E-state index contributed by atoms with van der Waals surface area (Å²) in [5, 5.41) is 31.7. The number of hydrogen-bond acceptors (Lipinski definition) is 6. The Morgan fingerprint density at radius 2 is 1.71 bits per heavy atom. The molecule has 10 nitrogen and oxygen atoms in total. The van der Waals surface area contributed by atoms with Crippen LogP contribution in [0.15, 0.2) is 42.6 Å². The molecule has 0 radical (unpaired) electrons. The number of fused-ring (bicyclic) bond motifs is 1. The Hall–Kier alpha value is -3.82. The zero-order valence-electron chi connectivity index (χ0n) is 11.9. The molecule has 0 aliphatic carbocycles. The number of H-pyrrole nitrogens is 1. The molecule has 24 heavy (non-hydrogen) atoms. The van der Waals surface area contributed by atoms with Crippen molar-refractivity contribution in [2.45, 2.75) is 0 Å². The summed E-state index contributed by atoms with van der Waals surface area (Å²) in [7, 11) is 0. The fraction of sp³-hybridized carbons (Fsp3) is 0. The summed E-state index contributed by atoms with van der Waals surface area (Å²) in [4.78, 5) is 32.4. The van der Waals surface area contributed by atoms with Gasteiger partial charge in [-0.05, 0) is 18.2 Å². The number of nitro groups is 2. The van der Waals surface area contributed by atoms with Crippen molar-refractivity contribution in [2.24, 2.45) is 0 Å². The minimum atomic E-state index is -0.791. The summed E-state index contributed by atoms with van der Waals surface area (Å²) in [5.41, 5.74) is -0.124. The van der Waals surface area contributed by atoms with E-state index < -0.39 is 27.1 Å². The van der Waals surface area contributed by atoms with Gasteiger partial charge < -0.3 is 5.32 Å². The number of non-ortho nitro benzene ring substituents is 2. The van der Waals surface area contributed by atoms with Crippen LogP contribution in [0.4, 0.5) is 17.1 Å². The molecule has 3 rings (SSSR count). The number of nitro benzene ring substituents is 2. The topological polar surface area (TPSA) is 144 Å². The Balaban J connectivity index is 1.93. The largest absolute Gasteiger partial charge is 0.322 e. The van der Waals surface area contributed by atoms with Crippen molar-refractivity contribution in [1.82, 2.24) is 10.2 Å². The number of carbonyl (C=O) groups excluding carboxylic acids is 1. The van der Waals surface area contributed by atoms with Gasteiger partial charge in [0.15, 0.2) is 0 Å². The van der Waals surface area contributed by atoms with Crippen molar-refractivity contribution in [3.8, 4) is 0 Å². The molecule has 0 atom stereocenters. The maximum Gasteiger partial charge on any atom is 0.277 e. The highest BCUT2D eigenvalue weighted by Gasteiger charge is 2.20. The third-order valence-electron chi connectivity index (χ3n) is 3.29. The third kappa shape index (κ3) is 2.88. The molecule has 2 aromatic carbocycles. The highest BCUT2D eigenvalue weighted by Crippen LogP contribution is 2.24. The van der Waals surface area contributed by atoms with E-state index in [1.807, 2.05) is 0 Å². The first-order chi connectivity index (χ1) is 11.4. The average molecular weight is 327 g/mol. The Morgan fingerprint density at radius 1 is 1.04 bits per heavy atom. The fourth-order valence-electron chi connectivity index (χ4n) is 2.16. The molecule has 1 heterocycles. The van der Waals surface area contributed by atoms with Crippen LogP contribution in [0.5, 0.6) is 0 Å². The second-order valence-corrected chi connectivity index (χ2v) is 4.88. The monoisotopic (exact) mass is 327 g/mol. The number of nitrogens with one attached hydrogen (secondary N) is 2. The molecule has 0 spiro atoms. The predicted molar refractivity (Wildman–Crippen MR) is 83.8 cm³/mol. The first kappa shape index (κ1) is 15.1. The molecule has 0 bridgehead atoms. The van der Waals surface area contributed by atoms with Crippen LogP contribution >= 0.6 is 0 Å². The van der Waals surface area contributed by atoms with Crippen LogP contribution in [0.1, 0.15) is 10.4 Å². The quantitative estimate of drug-likeness (QED) is 0.556. The second kappa shape index (κ2) is 5.76. The van der Waals surface area contributed by atoms with Crippen LogP contribution in [0, 0.1) is 20.2 Å². The summed E-state index contributed by atoms with van der Waals surface area (Å²) in [5.74, 6) is -0.694. The van der Waals surface area contributed by atoms with E-state index in [9.17, 15) is 25.0 Å². The predicted octanol–water partition coefficient (Wildman–Crippen LogP) is 2.63. The van der Waals surface area contributed by atoms with Gasteiger partial charge in [-0.25, -0.2) is 0 Å². The Bertz CT molecular complexity index is 948. The fourth-order valence-corrected chi connectivity index (χ4v) is 2.16. The molecule has 0 unspecified atom stereocenters. The third-order valence-corrected chi connectivity index (χ3v) is 3.29. The van der Waals surface area contributed by atoms with Gasteiger partial charge in [-0.3, -0.25) is 30.1 Å². The molecule has 0 fully saturated rings. The number of carbonyl (C=O) groups is 1. The van der Waals surface area contributed by atoms with E-state index in [-0.39, 0.29) is 5.56 Å². The summed E-state index contributed by atoms with van der Waals surface area (Å²) in [6.45, 7) is 0. The summed E-state index contributed by atoms with van der Waals surface area (Å²) < 4.78 is 0. The van der Waals surface area contributed by atoms with Crippen LogP contribution < -0.4 is 5.32 Å². The van der Waals surface area contributed by atoms with E-state index in [1.165, 1.54) is 0 Å². The minimum Gasteiger partial charge on any atom is -0.322 e. The van der Waals surface area contributed by atoms with Gasteiger partial charge in [0.25, 0.3) is 17.3 Å². The highest BCUT2D eigenvalue weighted by atomic mass is 16.6. The van der Waals surface area contributed by atoms with Gasteiger partial charge in [-0.2, -0.15) is 5.10 Å². The van der Waals surface area contributed by atoms with Gasteiger partial charge in [0, 0.05) is 23.2 Å². The van der Waals surface area contributed by atoms with Gasteiger partial charge in [-0.15, -0.1) is 0 Å². The zero-order valence-corrected chi connectivity index (χ0v) is 11.9. The number of amides is 1. The molecule has 1 aromatic heterocycles. The molecule has 3 aromatic rings. The molecule has 2 N–H and O–H groups in total. The normalized spacial score (nSPS) is 10.5. The van der Waals surface area contributed by atoms with Crippen molar-refractivity contribution < 1.29 is 14.6 Å². The lowest BCUT2D eigenvalue weighted by Gasteiger charge is -2.05. The van der Waals surface area contributed by atoms with Gasteiger partial charge in [-0.1, -0.05) is 0 Å². The van der Waals surface area contributed by atoms with E-state index in [2.05, 4.69) is 15.5 Å². The van der Waals surface area contributed by atoms with Crippen molar-refractivity contribution in [1.29, 1.82) is 0 Å². The van der Waals surface area contributed by atoms with Crippen LogP contribution in [0.2, 0.25) is 0 Å². The number of nitrogens with zero attached hydrogens (tertiary/aromatic N) is 3. The molecule has 0 saturated carbocycles.